The van der Waals surface area contributed by atoms with Crippen molar-refractivity contribution >= 4 is 11.4 Å². The van der Waals surface area contributed by atoms with Crippen molar-refractivity contribution in [2.75, 3.05) is 13.1 Å². The molecule has 1 atom stereocenters. The minimum absolute atomic E-state index is 0.0282. The van der Waals surface area contributed by atoms with E-state index in [0.29, 0.717) is 30.3 Å². The molecule has 1 amide bonds. The Morgan fingerprint density at radius 3 is 3.04 bits per heavy atom. The number of carbonyl (C=O) groups is 1. The van der Waals surface area contributed by atoms with Crippen LogP contribution in [0.1, 0.15) is 50.2 Å². The molecular weight excluding hydrogens is 348 g/mol. The maximum absolute atomic E-state index is 12.7. The maximum atomic E-state index is 12.7. The first kappa shape index (κ1) is 17.4. The van der Waals surface area contributed by atoms with E-state index in [-0.39, 0.29) is 29.8 Å². The third kappa shape index (κ3) is 3.36. The smallest absolute Gasteiger partial charge is 0.291 e. The van der Waals surface area contributed by atoms with E-state index in [9.17, 15) is 9.59 Å². The summed E-state index contributed by atoms with van der Waals surface area (Å²) in [6.07, 6.45) is 5.05. The molecule has 0 unspecified atom stereocenters. The average Bonchev–Trinajstić information content (AvgIpc) is 3.34. The number of aromatic nitrogens is 5. The third-order valence-corrected chi connectivity index (χ3v) is 4.93. The van der Waals surface area contributed by atoms with Gasteiger partial charge in [-0.05, 0) is 25.0 Å². The Morgan fingerprint density at radius 1 is 1.41 bits per heavy atom. The van der Waals surface area contributed by atoms with Crippen molar-refractivity contribution in [3.63, 3.8) is 0 Å². The van der Waals surface area contributed by atoms with Gasteiger partial charge in [-0.15, -0.1) is 0 Å². The van der Waals surface area contributed by atoms with Gasteiger partial charge >= 0.3 is 0 Å². The highest BCUT2D eigenvalue weighted by molar-refractivity contribution is 5.76. The van der Waals surface area contributed by atoms with Gasteiger partial charge in [-0.25, -0.2) is 4.68 Å². The van der Waals surface area contributed by atoms with E-state index in [1.165, 1.54) is 11.0 Å². The van der Waals surface area contributed by atoms with Crippen molar-refractivity contribution < 1.29 is 9.32 Å². The minimum atomic E-state index is -0.275. The summed E-state index contributed by atoms with van der Waals surface area (Å²) in [7, 11) is 0. The van der Waals surface area contributed by atoms with E-state index >= 15 is 0 Å². The van der Waals surface area contributed by atoms with Crippen molar-refractivity contribution in [2.45, 2.75) is 45.1 Å². The summed E-state index contributed by atoms with van der Waals surface area (Å²) in [5.41, 5.74) is 0.226. The average molecular weight is 370 g/mol. The number of carbonyl (C=O) groups excluding carboxylic acids is 1. The molecule has 0 saturated carbocycles. The predicted octanol–water partition coefficient (Wildman–Crippen LogP) is 1.41. The molecule has 1 saturated heterocycles. The van der Waals surface area contributed by atoms with Crippen LogP contribution < -0.4 is 5.56 Å². The van der Waals surface area contributed by atoms with Gasteiger partial charge in [0.05, 0.1) is 5.92 Å². The Labute approximate surface area is 155 Å². The number of piperidine rings is 1. The first-order valence-electron chi connectivity index (χ1n) is 9.17. The Hall–Kier alpha value is -2.97. The standard InChI is InChI=1S/C18H22N6O3/c1-12(2)16-20-17(27-21-16)13-5-3-7-22(9-13)15(25)10-24-18(26)14-6-4-8-23(14)11-19-24/h4,6,8,11-13H,3,5,7,9-10H2,1-2H3/t13-/m0/s1. The van der Waals surface area contributed by atoms with Gasteiger partial charge in [0.1, 0.15) is 18.4 Å². The molecule has 27 heavy (non-hydrogen) atoms. The molecule has 0 N–H and O–H groups in total. The molecular formula is C18H22N6O3. The van der Waals surface area contributed by atoms with E-state index in [2.05, 4.69) is 15.2 Å². The van der Waals surface area contributed by atoms with Crippen LogP contribution in [0.3, 0.4) is 0 Å². The van der Waals surface area contributed by atoms with Crippen LogP contribution in [0.5, 0.6) is 0 Å². The van der Waals surface area contributed by atoms with E-state index in [1.807, 2.05) is 13.8 Å². The second kappa shape index (κ2) is 6.98. The molecule has 3 aromatic rings. The Kier molecular flexibility index (Phi) is 4.51. The number of nitrogens with zero attached hydrogens (tertiary/aromatic N) is 6. The summed E-state index contributed by atoms with van der Waals surface area (Å²) in [4.78, 5) is 31.4. The summed E-state index contributed by atoms with van der Waals surface area (Å²) in [5, 5.41) is 8.11. The topological polar surface area (TPSA) is 98.5 Å². The van der Waals surface area contributed by atoms with Crippen molar-refractivity contribution in [2.24, 2.45) is 0 Å². The van der Waals surface area contributed by atoms with Crippen LogP contribution in [-0.4, -0.2) is 48.2 Å². The van der Waals surface area contributed by atoms with Crippen LogP contribution in [0.15, 0.2) is 34.0 Å². The fourth-order valence-electron chi connectivity index (χ4n) is 3.37. The van der Waals surface area contributed by atoms with Gasteiger partial charge in [-0.1, -0.05) is 19.0 Å². The van der Waals surface area contributed by atoms with Crippen LogP contribution in [0.4, 0.5) is 0 Å². The van der Waals surface area contributed by atoms with Crippen molar-refractivity contribution in [1.29, 1.82) is 0 Å². The molecule has 1 aliphatic heterocycles. The second-order valence-corrected chi connectivity index (χ2v) is 7.22. The molecule has 4 heterocycles. The van der Waals surface area contributed by atoms with E-state index in [4.69, 9.17) is 4.52 Å². The number of hydrogen-bond acceptors (Lipinski definition) is 6. The van der Waals surface area contributed by atoms with Gasteiger partial charge in [0.15, 0.2) is 5.82 Å². The lowest BCUT2D eigenvalue weighted by Gasteiger charge is -2.31. The largest absolute Gasteiger partial charge is 0.340 e. The SMILES string of the molecule is CC(C)c1noc([C@H]2CCCN(C(=O)Cn3ncn4cccc4c3=O)C2)n1. The van der Waals surface area contributed by atoms with Crippen LogP contribution in [0.25, 0.3) is 5.52 Å². The zero-order valence-corrected chi connectivity index (χ0v) is 15.4. The van der Waals surface area contributed by atoms with Crippen LogP contribution in [0, 0.1) is 0 Å². The Bertz CT molecular complexity index is 1020. The highest BCUT2D eigenvalue weighted by atomic mass is 16.5. The maximum Gasteiger partial charge on any atom is 0.291 e. The quantitative estimate of drug-likeness (QED) is 0.689. The van der Waals surface area contributed by atoms with Crippen LogP contribution in [-0.2, 0) is 11.3 Å². The number of rotatable bonds is 4. The predicted molar refractivity (Wildman–Crippen MR) is 96.4 cm³/mol. The van der Waals surface area contributed by atoms with Crippen LogP contribution >= 0.6 is 0 Å². The monoisotopic (exact) mass is 370 g/mol. The van der Waals surface area contributed by atoms with Crippen molar-refractivity contribution in [3.8, 4) is 0 Å². The summed E-state index contributed by atoms with van der Waals surface area (Å²) in [5.74, 6) is 1.37. The lowest BCUT2D eigenvalue weighted by atomic mass is 9.98. The molecule has 0 aliphatic carbocycles. The summed E-state index contributed by atoms with van der Waals surface area (Å²) in [6, 6.07) is 3.49. The summed E-state index contributed by atoms with van der Waals surface area (Å²) < 4.78 is 8.25. The summed E-state index contributed by atoms with van der Waals surface area (Å²) in [6.45, 7) is 5.12. The third-order valence-electron chi connectivity index (χ3n) is 4.93. The van der Waals surface area contributed by atoms with Gasteiger partial charge in [0.25, 0.3) is 5.56 Å². The van der Waals surface area contributed by atoms with E-state index in [1.54, 1.807) is 27.6 Å². The molecule has 1 fully saturated rings. The molecule has 9 heteroatoms. The molecule has 9 nitrogen and oxygen atoms in total. The molecule has 3 aromatic heterocycles. The van der Waals surface area contributed by atoms with Crippen LogP contribution in [0.2, 0.25) is 0 Å². The fraction of sp³-hybridized carbons (Fsp3) is 0.500. The Balaban J connectivity index is 1.47. The zero-order chi connectivity index (χ0) is 19.0. The highest BCUT2D eigenvalue weighted by Gasteiger charge is 2.29. The van der Waals surface area contributed by atoms with Gasteiger partial charge < -0.3 is 13.8 Å². The zero-order valence-electron chi connectivity index (χ0n) is 15.4. The molecule has 0 spiro atoms. The fourth-order valence-corrected chi connectivity index (χ4v) is 3.37. The molecule has 0 aromatic carbocycles. The Morgan fingerprint density at radius 2 is 2.26 bits per heavy atom. The van der Waals surface area contributed by atoms with Gasteiger partial charge in [0, 0.05) is 25.2 Å². The second-order valence-electron chi connectivity index (χ2n) is 7.22. The first-order chi connectivity index (χ1) is 13.0. The molecule has 0 bridgehead atoms. The normalized spacial score (nSPS) is 17.7. The first-order valence-corrected chi connectivity index (χ1v) is 9.17. The number of fused-ring (bicyclic) bond motifs is 1. The molecule has 142 valence electrons. The van der Waals surface area contributed by atoms with Crippen molar-refractivity contribution in [1.82, 2.24) is 29.2 Å². The lowest BCUT2D eigenvalue weighted by Crippen LogP contribution is -2.42. The molecule has 1 aliphatic rings. The number of amides is 1. The molecule has 0 radical (unpaired) electrons. The number of likely N-dealkylation sites (tertiary alicyclic amines) is 1. The van der Waals surface area contributed by atoms with Gasteiger partial charge in [0.2, 0.25) is 11.8 Å². The minimum Gasteiger partial charge on any atom is -0.340 e. The molecule has 4 rings (SSSR count). The van der Waals surface area contributed by atoms with E-state index < -0.39 is 0 Å². The van der Waals surface area contributed by atoms with E-state index in [0.717, 1.165) is 12.8 Å². The lowest BCUT2D eigenvalue weighted by molar-refractivity contribution is -0.133. The number of hydrogen-bond donors (Lipinski definition) is 0. The summed E-state index contributed by atoms with van der Waals surface area (Å²) >= 11 is 0. The highest BCUT2D eigenvalue weighted by Crippen LogP contribution is 2.26. The van der Waals surface area contributed by atoms with Gasteiger partial charge in [-0.2, -0.15) is 10.1 Å². The van der Waals surface area contributed by atoms with Crippen molar-refractivity contribution in [3.05, 3.63) is 46.7 Å². The van der Waals surface area contributed by atoms with Gasteiger partial charge in [-0.3, -0.25) is 9.59 Å².